The largest absolute Gasteiger partial charge is 0.505 e. The molecule has 2 aromatic heterocycles. The molecule has 260 valence electrons. The zero-order valence-corrected chi connectivity index (χ0v) is 30.4. The smallest absolute Gasteiger partial charge is 0.305 e. The van der Waals surface area contributed by atoms with E-state index in [9.17, 15) is 15.0 Å². The Bertz CT molecular complexity index is 2200. The Morgan fingerprint density at radius 2 is 1.22 bits per heavy atom. The Hall–Kier alpha value is -5.25. The molecule has 0 bridgehead atoms. The second-order valence-electron chi connectivity index (χ2n) is 15.8. The van der Waals surface area contributed by atoms with Gasteiger partial charge < -0.3 is 14.9 Å². The number of phenolic OH excluding ortho intramolecular Hbond substituents is 2. The molecule has 2 N–H and O–H groups in total. The van der Waals surface area contributed by atoms with Crippen LogP contribution in [0, 0.1) is 0 Å². The number of carbonyl (C=O) groups is 1. The Morgan fingerprint density at radius 3 is 1.80 bits per heavy atom. The molecule has 0 unspecified atom stereocenters. The van der Waals surface area contributed by atoms with Gasteiger partial charge in [-0.2, -0.15) is 0 Å². The normalized spacial score (nSPS) is 12.6. The van der Waals surface area contributed by atoms with E-state index in [0.29, 0.717) is 35.2 Å². The molecule has 0 aliphatic heterocycles. The Labute approximate surface area is 292 Å². The van der Waals surface area contributed by atoms with E-state index >= 15 is 0 Å². The number of aryl methyl sites for hydroxylation is 1. The highest BCUT2D eigenvalue weighted by atomic mass is 16.5. The third-order valence-electron chi connectivity index (χ3n) is 9.30. The summed E-state index contributed by atoms with van der Waals surface area (Å²) in [5, 5.41) is 42.1. The molecule has 0 fully saturated rings. The molecule has 6 rings (SSSR count). The number of aromatic nitrogens is 6. The van der Waals surface area contributed by atoms with E-state index in [-0.39, 0.29) is 34.7 Å². The van der Waals surface area contributed by atoms with Crippen LogP contribution in [0.5, 0.6) is 11.5 Å². The topological polar surface area (TPSA) is 128 Å². The first-order valence-electron chi connectivity index (χ1n) is 16.9. The summed E-state index contributed by atoms with van der Waals surface area (Å²) in [5.41, 5.74) is 7.33. The maximum absolute atomic E-state index is 11.9. The van der Waals surface area contributed by atoms with Crippen molar-refractivity contribution >= 4 is 28.0 Å². The van der Waals surface area contributed by atoms with Crippen LogP contribution in [-0.2, 0) is 38.6 Å². The second-order valence-corrected chi connectivity index (χ2v) is 15.8. The summed E-state index contributed by atoms with van der Waals surface area (Å²) < 4.78 is 4.85. The van der Waals surface area contributed by atoms with Gasteiger partial charge in [0.15, 0.2) is 0 Å². The number of methoxy groups -OCH3 is 1. The molecular formula is C40H46N6O4. The molecule has 50 heavy (non-hydrogen) atoms. The minimum atomic E-state index is -0.496. The average molecular weight is 675 g/mol. The Balaban J connectivity index is 1.37. The number of phenols is 2. The maximum atomic E-state index is 11.9. The minimum Gasteiger partial charge on any atom is -0.505 e. The fourth-order valence-corrected chi connectivity index (χ4v) is 6.37. The van der Waals surface area contributed by atoms with Gasteiger partial charge in [0.1, 0.15) is 44.9 Å². The van der Waals surface area contributed by atoms with Crippen molar-refractivity contribution in [2.24, 2.45) is 0 Å². The Kier molecular flexibility index (Phi) is 8.70. The van der Waals surface area contributed by atoms with Gasteiger partial charge in [0.05, 0.1) is 7.11 Å². The van der Waals surface area contributed by atoms with Gasteiger partial charge in [0, 0.05) is 17.5 Å². The standard InChI is InChI=1S/C40H46N6O4/c1-38(2,3)26-21-28(37(49)34(22-26)46-41-29-12-10-11-13-30(29)42-46)40(7,8)23-25-14-16-31-32(19-25)44-45(43-31)33-20-24(15-17-35(47)50-9)18-27(36(33)48)39(4,5)6/h10-14,16,18-22,48-49H,15,17,23H2,1-9H3. The van der Waals surface area contributed by atoms with E-state index in [1.165, 1.54) is 16.7 Å². The van der Waals surface area contributed by atoms with Crippen molar-refractivity contribution in [2.75, 3.05) is 7.11 Å². The number of ether oxygens (including phenoxy) is 1. The number of aromatic hydroxyl groups is 2. The van der Waals surface area contributed by atoms with Gasteiger partial charge in [0.2, 0.25) is 0 Å². The van der Waals surface area contributed by atoms with Crippen LogP contribution in [0.1, 0.15) is 89.6 Å². The van der Waals surface area contributed by atoms with Crippen LogP contribution in [0.3, 0.4) is 0 Å². The number of rotatable bonds is 8. The fourth-order valence-electron chi connectivity index (χ4n) is 6.37. The minimum absolute atomic E-state index is 0.102. The fraction of sp³-hybridized carbons (Fsp3) is 0.375. The quantitative estimate of drug-likeness (QED) is 0.157. The number of nitrogens with zero attached hydrogens (tertiary/aromatic N) is 6. The molecule has 2 heterocycles. The third-order valence-corrected chi connectivity index (χ3v) is 9.30. The highest BCUT2D eigenvalue weighted by molar-refractivity contribution is 5.76. The van der Waals surface area contributed by atoms with Gasteiger partial charge in [-0.05, 0) is 82.2 Å². The molecule has 6 aromatic rings. The van der Waals surface area contributed by atoms with Gasteiger partial charge in [-0.1, -0.05) is 85.7 Å². The molecule has 0 amide bonds. The van der Waals surface area contributed by atoms with Gasteiger partial charge >= 0.3 is 5.97 Å². The first-order chi connectivity index (χ1) is 23.4. The van der Waals surface area contributed by atoms with E-state index in [1.54, 1.807) is 0 Å². The van der Waals surface area contributed by atoms with Gasteiger partial charge in [-0.25, -0.2) is 0 Å². The highest BCUT2D eigenvalue weighted by Gasteiger charge is 2.30. The molecule has 0 saturated heterocycles. The zero-order chi connectivity index (χ0) is 36.2. The SMILES string of the molecule is COC(=O)CCc1cc(-n2nc3ccc(CC(C)(C)c4cc(C(C)(C)C)cc(-n5nc6ccccc6n5)c4O)cc3n2)c(O)c(C(C)(C)C)c1. The number of hydrogen-bond acceptors (Lipinski definition) is 8. The third kappa shape index (κ3) is 6.79. The second kappa shape index (κ2) is 12.6. The lowest BCUT2D eigenvalue weighted by Crippen LogP contribution is -2.23. The number of fused-ring (bicyclic) bond motifs is 2. The molecule has 0 saturated carbocycles. The number of benzene rings is 4. The Morgan fingerprint density at radius 1 is 0.660 bits per heavy atom. The van der Waals surface area contributed by atoms with Crippen molar-refractivity contribution in [1.29, 1.82) is 0 Å². The first kappa shape index (κ1) is 34.6. The van der Waals surface area contributed by atoms with Crippen LogP contribution in [-0.4, -0.2) is 53.3 Å². The summed E-state index contributed by atoms with van der Waals surface area (Å²) in [6.07, 6.45) is 1.29. The van der Waals surface area contributed by atoms with Crippen molar-refractivity contribution in [3.63, 3.8) is 0 Å². The van der Waals surface area contributed by atoms with Crippen molar-refractivity contribution in [3.05, 3.63) is 94.5 Å². The van der Waals surface area contributed by atoms with E-state index in [4.69, 9.17) is 14.9 Å². The van der Waals surface area contributed by atoms with E-state index in [1.807, 2.05) is 81.4 Å². The maximum Gasteiger partial charge on any atom is 0.305 e. The van der Waals surface area contributed by atoms with Crippen LogP contribution in [0.25, 0.3) is 33.4 Å². The molecule has 10 nitrogen and oxygen atoms in total. The molecule has 10 heteroatoms. The molecule has 0 aliphatic rings. The molecular weight excluding hydrogens is 628 g/mol. The lowest BCUT2D eigenvalue weighted by molar-refractivity contribution is -0.140. The van der Waals surface area contributed by atoms with Crippen LogP contribution >= 0.6 is 0 Å². The zero-order valence-electron chi connectivity index (χ0n) is 30.4. The summed E-state index contributed by atoms with van der Waals surface area (Å²) in [7, 11) is 1.38. The van der Waals surface area contributed by atoms with Crippen LogP contribution in [0.2, 0.25) is 0 Å². The summed E-state index contributed by atoms with van der Waals surface area (Å²) in [5.74, 6) is -0.0465. The van der Waals surface area contributed by atoms with Crippen molar-refractivity contribution in [2.45, 2.75) is 90.9 Å². The summed E-state index contributed by atoms with van der Waals surface area (Å²) >= 11 is 0. The number of hydrogen-bond donors (Lipinski definition) is 2. The van der Waals surface area contributed by atoms with Gasteiger partial charge in [-0.15, -0.1) is 30.0 Å². The molecule has 0 atom stereocenters. The molecule has 0 spiro atoms. The predicted molar refractivity (Wildman–Crippen MR) is 196 cm³/mol. The number of carbonyl (C=O) groups excluding carboxylic acids is 1. The average Bonchev–Trinajstić information content (AvgIpc) is 3.67. The van der Waals surface area contributed by atoms with E-state index < -0.39 is 5.41 Å². The monoisotopic (exact) mass is 674 g/mol. The first-order valence-corrected chi connectivity index (χ1v) is 16.9. The molecule has 4 aromatic carbocycles. The van der Waals surface area contributed by atoms with Crippen molar-refractivity contribution in [1.82, 2.24) is 30.0 Å². The van der Waals surface area contributed by atoms with Crippen molar-refractivity contribution in [3.8, 4) is 22.9 Å². The lowest BCUT2D eigenvalue weighted by atomic mass is 9.75. The summed E-state index contributed by atoms with van der Waals surface area (Å²) in [4.78, 5) is 14.9. The predicted octanol–water partition coefficient (Wildman–Crippen LogP) is 7.79. The van der Waals surface area contributed by atoms with Crippen molar-refractivity contribution < 1.29 is 19.7 Å². The van der Waals surface area contributed by atoms with E-state index in [0.717, 1.165) is 38.9 Å². The number of esters is 1. The van der Waals surface area contributed by atoms with Crippen LogP contribution in [0.15, 0.2) is 66.7 Å². The van der Waals surface area contributed by atoms with Crippen LogP contribution < -0.4 is 0 Å². The summed E-state index contributed by atoms with van der Waals surface area (Å²) in [6, 6.07) is 21.5. The molecule has 0 aliphatic carbocycles. The summed E-state index contributed by atoms with van der Waals surface area (Å²) in [6.45, 7) is 16.8. The van der Waals surface area contributed by atoms with Crippen LogP contribution in [0.4, 0.5) is 0 Å². The highest BCUT2D eigenvalue weighted by Crippen LogP contribution is 2.41. The lowest BCUT2D eigenvalue weighted by Gasteiger charge is -2.30. The van der Waals surface area contributed by atoms with Gasteiger partial charge in [0.25, 0.3) is 0 Å². The van der Waals surface area contributed by atoms with E-state index in [2.05, 4.69) is 50.9 Å². The van der Waals surface area contributed by atoms with Gasteiger partial charge in [-0.3, -0.25) is 4.79 Å². The molecule has 0 radical (unpaired) electrons.